The third-order valence-corrected chi connectivity index (χ3v) is 3.88. The maximum absolute atomic E-state index is 12.4. The van der Waals surface area contributed by atoms with Gasteiger partial charge < -0.3 is 13.8 Å². The van der Waals surface area contributed by atoms with Crippen LogP contribution in [0.5, 0.6) is 0 Å². The Hall–Kier alpha value is -2.77. The first-order valence-electron chi connectivity index (χ1n) is 6.94. The molecule has 0 spiro atoms. The minimum atomic E-state index is -0.885. The van der Waals surface area contributed by atoms with Crippen LogP contribution in [0.2, 0.25) is 10.0 Å². The minimum Gasteiger partial charge on any atom is -0.459 e. The highest BCUT2D eigenvalue weighted by molar-refractivity contribution is 6.39. The van der Waals surface area contributed by atoms with E-state index in [1.807, 2.05) is 5.48 Å². The first-order valence-corrected chi connectivity index (χ1v) is 7.70. The Morgan fingerprint density at radius 2 is 1.88 bits per heavy atom. The number of benzene rings is 1. The van der Waals surface area contributed by atoms with E-state index in [-0.39, 0.29) is 32.8 Å². The number of hydrogen-bond acceptors (Lipinski definition) is 6. The summed E-state index contributed by atoms with van der Waals surface area (Å²) < 4.78 is 9.96. The van der Waals surface area contributed by atoms with Crippen LogP contribution in [0.25, 0.3) is 11.3 Å². The second-order valence-corrected chi connectivity index (χ2v) is 5.67. The van der Waals surface area contributed by atoms with Crippen molar-refractivity contribution in [3.63, 3.8) is 0 Å². The lowest BCUT2D eigenvalue weighted by Gasteiger charge is -2.07. The third kappa shape index (κ3) is 3.38. The number of furan rings is 1. The largest absolute Gasteiger partial charge is 0.459 e. The maximum atomic E-state index is 12.4. The fourth-order valence-corrected chi connectivity index (χ4v) is 2.69. The first kappa shape index (κ1) is 17.1. The summed E-state index contributed by atoms with van der Waals surface area (Å²) in [5, 5.41) is 4.40. The Kier molecular flexibility index (Phi) is 4.78. The van der Waals surface area contributed by atoms with Crippen molar-refractivity contribution in [3.8, 4) is 11.3 Å². The van der Waals surface area contributed by atoms with E-state index < -0.39 is 11.9 Å². The van der Waals surface area contributed by atoms with Gasteiger partial charge in [-0.1, -0.05) is 34.4 Å². The molecule has 0 fully saturated rings. The molecule has 0 unspecified atom stereocenters. The SMILES string of the molecule is Cc1onc(-c2c(Cl)cccc2Cl)c1C(=O)ONC(=O)c1ccco1. The number of rotatable bonds is 3. The average molecular weight is 381 g/mol. The summed E-state index contributed by atoms with van der Waals surface area (Å²) in [6, 6.07) is 7.80. The van der Waals surface area contributed by atoms with E-state index in [1.165, 1.54) is 25.3 Å². The normalized spacial score (nSPS) is 10.5. The lowest BCUT2D eigenvalue weighted by molar-refractivity contribution is 0.0219. The highest BCUT2D eigenvalue weighted by Crippen LogP contribution is 2.36. The monoisotopic (exact) mass is 380 g/mol. The molecule has 2 heterocycles. The molecule has 0 aliphatic heterocycles. The molecule has 7 nitrogen and oxygen atoms in total. The van der Waals surface area contributed by atoms with Crippen molar-refractivity contribution in [2.45, 2.75) is 6.92 Å². The van der Waals surface area contributed by atoms with E-state index in [0.717, 1.165) is 0 Å². The number of carbonyl (C=O) groups excluding carboxylic acids is 2. The average Bonchev–Trinajstić information content (AvgIpc) is 3.22. The molecule has 0 bridgehead atoms. The zero-order valence-corrected chi connectivity index (χ0v) is 14.2. The number of nitrogens with one attached hydrogen (secondary N) is 1. The van der Waals surface area contributed by atoms with Gasteiger partial charge in [0.15, 0.2) is 5.76 Å². The quantitative estimate of drug-likeness (QED) is 0.688. The van der Waals surface area contributed by atoms with Crippen molar-refractivity contribution in [1.82, 2.24) is 10.6 Å². The first-order chi connectivity index (χ1) is 12.0. The summed E-state index contributed by atoms with van der Waals surface area (Å²) in [6.45, 7) is 1.52. The summed E-state index contributed by atoms with van der Waals surface area (Å²) in [6.07, 6.45) is 1.32. The van der Waals surface area contributed by atoms with Crippen LogP contribution in [0.3, 0.4) is 0 Å². The van der Waals surface area contributed by atoms with Crippen LogP contribution in [-0.4, -0.2) is 17.0 Å². The van der Waals surface area contributed by atoms with Gasteiger partial charge in [0.2, 0.25) is 0 Å². The van der Waals surface area contributed by atoms with Gasteiger partial charge in [0.05, 0.1) is 16.3 Å². The van der Waals surface area contributed by atoms with Crippen LogP contribution in [0.1, 0.15) is 26.7 Å². The molecule has 0 radical (unpaired) electrons. The predicted molar refractivity (Wildman–Crippen MR) is 88.3 cm³/mol. The molecule has 1 N–H and O–H groups in total. The molecule has 0 saturated heterocycles. The van der Waals surface area contributed by atoms with Gasteiger partial charge in [-0.3, -0.25) is 4.79 Å². The van der Waals surface area contributed by atoms with Gasteiger partial charge in [-0.25, -0.2) is 4.79 Å². The van der Waals surface area contributed by atoms with Crippen LogP contribution >= 0.6 is 23.2 Å². The van der Waals surface area contributed by atoms with Crippen LogP contribution in [0.4, 0.5) is 0 Å². The number of hydroxylamine groups is 1. The molecule has 0 aliphatic carbocycles. The van der Waals surface area contributed by atoms with E-state index in [1.54, 1.807) is 18.2 Å². The second-order valence-electron chi connectivity index (χ2n) is 4.86. The summed E-state index contributed by atoms with van der Waals surface area (Å²) in [5.41, 5.74) is 2.43. The molecule has 1 amide bonds. The van der Waals surface area contributed by atoms with Crippen LogP contribution in [0.15, 0.2) is 45.5 Å². The van der Waals surface area contributed by atoms with E-state index in [2.05, 4.69) is 5.16 Å². The standard InChI is InChI=1S/C16H10Cl2N2O5/c1-8-12(16(22)25-20-15(21)11-6-3-7-23-11)14(19-24-8)13-9(17)4-2-5-10(13)18/h2-7H,1H3,(H,20,21). The van der Waals surface area contributed by atoms with Crippen LogP contribution in [-0.2, 0) is 4.84 Å². The van der Waals surface area contributed by atoms with E-state index in [9.17, 15) is 9.59 Å². The molecule has 0 atom stereocenters. The molecular weight excluding hydrogens is 371 g/mol. The summed E-state index contributed by atoms with van der Waals surface area (Å²) in [7, 11) is 0. The Morgan fingerprint density at radius 3 is 2.52 bits per heavy atom. The lowest BCUT2D eigenvalue weighted by Crippen LogP contribution is -2.27. The van der Waals surface area contributed by atoms with Gasteiger partial charge in [0.1, 0.15) is 17.0 Å². The third-order valence-electron chi connectivity index (χ3n) is 3.25. The lowest BCUT2D eigenvalue weighted by atomic mass is 10.1. The second kappa shape index (κ2) is 7.00. The molecular formula is C16H10Cl2N2O5. The van der Waals surface area contributed by atoms with Gasteiger partial charge in [0.25, 0.3) is 0 Å². The Bertz CT molecular complexity index is 914. The molecule has 128 valence electrons. The summed E-state index contributed by atoms with van der Waals surface area (Å²) in [4.78, 5) is 28.9. The number of carbonyl (C=O) groups is 2. The maximum Gasteiger partial charge on any atom is 0.368 e. The number of aryl methyl sites for hydroxylation is 1. The molecule has 0 saturated carbocycles. The zero-order valence-electron chi connectivity index (χ0n) is 12.7. The number of hydrogen-bond donors (Lipinski definition) is 1. The van der Waals surface area contributed by atoms with Gasteiger partial charge in [-0.05, 0) is 31.2 Å². The highest BCUT2D eigenvalue weighted by atomic mass is 35.5. The topological polar surface area (TPSA) is 94.6 Å². The molecule has 1 aromatic carbocycles. The molecule has 2 aromatic heterocycles. The molecule has 3 aromatic rings. The molecule has 25 heavy (non-hydrogen) atoms. The van der Waals surface area contributed by atoms with Crippen molar-refractivity contribution < 1.29 is 23.4 Å². The van der Waals surface area contributed by atoms with Crippen molar-refractivity contribution in [3.05, 3.63) is 63.7 Å². The number of halogens is 2. The van der Waals surface area contributed by atoms with Gasteiger partial charge >= 0.3 is 11.9 Å². The Labute approximate surface area is 151 Å². The number of amides is 1. The fraction of sp³-hybridized carbons (Fsp3) is 0.0625. The van der Waals surface area contributed by atoms with E-state index in [4.69, 9.17) is 37.0 Å². The van der Waals surface area contributed by atoms with Crippen LogP contribution in [0, 0.1) is 6.92 Å². The Balaban J connectivity index is 1.87. The summed E-state index contributed by atoms with van der Waals surface area (Å²) >= 11 is 12.3. The molecule has 3 rings (SSSR count). The smallest absolute Gasteiger partial charge is 0.368 e. The van der Waals surface area contributed by atoms with Gasteiger partial charge in [-0.15, -0.1) is 0 Å². The van der Waals surface area contributed by atoms with Gasteiger partial charge in [0, 0.05) is 5.56 Å². The van der Waals surface area contributed by atoms with Crippen LogP contribution < -0.4 is 5.48 Å². The van der Waals surface area contributed by atoms with E-state index >= 15 is 0 Å². The Morgan fingerprint density at radius 1 is 1.16 bits per heavy atom. The number of nitrogens with zero attached hydrogens (tertiary/aromatic N) is 1. The minimum absolute atomic E-state index is 0.00487. The molecule has 0 aliphatic rings. The van der Waals surface area contributed by atoms with Crippen molar-refractivity contribution in [1.29, 1.82) is 0 Å². The summed E-state index contributed by atoms with van der Waals surface area (Å²) in [5.74, 6) is -1.43. The van der Waals surface area contributed by atoms with Crippen molar-refractivity contribution in [2.24, 2.45) is 0 Å². The van der Waals surface area contributed by atoms with E-state index in [0.29, 0.717) is 5.56 Å². The zero-order chi connectivity index (χ0) is 18.0. The molecule has 9 heteroatoms. The van der Waals surface area contributed by atoms with Crippen molar-refractivity contribution in [2.75, 3.05) is 0 Å². The fourth-order valence-electron chi connectivity index (χ4n) is 2.11. The predicted octanol–water partition coefficient (Wildman–Crippen LogP) is 4.05. The van der Waals surface area contributed by atoms with Crippen molar-refractivity contribution >= 4 is 35.1 Å². The number of aromatic nitrogens is 1. The highest BCUT2D eigenvalue weighted by Gasteiger charge is 2.27. The van der Waals surface area contributed by atoms with Gasteiger partial charge in [-0.2, -0.15) is 5.48 Å².